The van der Waals surface area contributed by atoms with E-state index >= 15 is 0 Å². The van der Waals surface area contributed by atoms with Gasteiger partial charge in [-0.1, -0.05) is 0 Å². The first-order valence-electron chi connectivity index (χ1n) is 13.2. The van der Waals surface area contributed by atoms with Gasteiger partial charge in [0.25, 0.3) is 0 Å². The highest BCUT2D eigenvalue weighted by Gasteiger charge is 2.25. The number of nitrogens with zero attached hydrogens (tertiary/aromatic N) is 3. The Bertz CT molecular complexity index is 1240. The minimum Gasteiger partial charge on any atom is -0.497 e. The van der Waals surface area contributed by atoms with Crippen LogP contribution in [-0.2, 0) is 24.1 Å². The lowest BCUT2D eigenvalue weighted by atomic mass is 9.91. The standard InChI is InChI=1S/C28H38N6O2/c1-17-22(23-15-20(36-4)13-14-25(23)29-17)16-26(35)30-18-9-11-19(12-10-18)31-28-32-24-8-6-5-7-21(24)27(33-28)34(2)3/h13-15,18-19,29H,5-12,16H2,1-4H3,(H,30,35)(H,31,32,33). The fourth-order valence-corrected chi connectivity index (χ4v) is 5.73. The third-order valence-electron chi connectivity index (χ3n) is 7.67. The van der Waals surface area contributed by atoms with Crippen LogP contribution in [0.15, 0.2) is 18.2 Å². The molecule has 8 heteroatoms. The number of rotatable bonds is 7. The Balaban J connectivity index is 1.17. The number of hydrogen-bond donors (Lipinski definition) is 3. The van der Waals surface area contributed by atoms with Gasteiger partial charge in [-0.2, -0.15) is 4.98 Å². The van der Waals surface area contributed by atoms with Gasteiger partial charge in [0, 0.05) is 48.3 Å². The van der Waals surface area contributed by atoms with Crippen molar-refractivity contribution in [3.05, 3.63) is 40.7 Å². The molecule has 1 fully saturated rings. The van der Waals surface area contributed by atoms with E-state index in [1.807, 2.05) is 25.1 Å². The quantitative estimate of drug-likeness (QED) is 0.457. The number of carbonyl (C=O) groups excluding carboxylic acids is 1. The summed E-state index contributed by atoms with van der Waals surface area (Å²) >= 11 is 0. The van der Waals surface area contributed by atoms with E-state index in [1.54, 1.807) is 7.11 Å². The average molecular weight is 491 g/mol. The highest BCUT2D eigenvalue weighted by molar-refractivity contribution is 5.91. The van der Waals surface area contributed by atoms with E-state index in [0.29, 0.717) is 12.5 Å². The van der Waals surface area contributed by atoms with Crippen molar-refractivity contribution in [3.8, 4) is 5.75 Å². The van der Waals surface area contributed by atoms with Crippen molar-refractivity contribution in [1.29, 1.82) is 0 Å². The molecular formula is C28H38N6O2. The molecule has 0 saturated heterocycles. The van der Waals surface area contributed by atoms with E-state index in [1.165, 1.54) is 24.1 Å². The number of aromatic nitrogens is 3. The van der Waals surface area contributed by atoms with Gasteiger partial charge in [-0.3, -0.25) is 4.79 Å². The van der Waals surface area contributed by atoms with Crippen LogP contribution < -0.4 is 20.3 Å². The van der Waals surface area contributed by atoms with Crippen molar-refractivity contribution < 1.29 is 9.53 Å². The number of anilines is 2. The van der Waals surface area contributed by atoms with Crippen LogP contribution in [0.3, 0.4) is 0 Å². The van der Waals surface area contributed by atoms with Crippen molar-refractivity contribution in [2.75, 3.05) is 31.4 Å². The maximum absolute atomic E-state index is 12.9. The Morgan fingerprint density at radius 2 is 1.86 bits per heavy atom. The molecule has 2 aliphatic carbocycles. The number of H-pyrrole nitrogens is 1. The lowest BCUT2D eigenvalue weighted by Gasteiger charge is -2.30. The first kappa shape index (κ1) is 24.4. The molecule has 192 valence electrons. The van der Waals surface area contributed by atoms with E-state index in [-0.39, 0.29) is 11.9 Å². The maximum atomic E-state index is 12.9. The molecule has 2 heterocycles. The number of benzene rings is 1. The number of ether oxygens (including phenoxy) is 1. The number of aromatic amines is 1. The van der Waals surface area contributed by atoms with Crippen molar-refractivity contribution in [2.24, 2.45) is 0 Å². The van der Waals surface area contributed by atoms with Crippen LogP contribution in [0.25, 0.3) is 10.9 Å². The Hall–Kier alpha value is -3.29. The van der Waals surface area contributed by atoms with Gasteiger partial charge in [0.2, 0.25) is 11.9 Å². The van der Waals surface area contributed by atoms with Gasteiger partial charge in [-0.05, 0) is 82.1 Å². The summed E-state index contributed by atoms with van der Waals surface area (Å²) in [6.07, 6.45) is 8.78. The average Bonchev–Trinajstić information content (AvgIpc) is 3.18. The van der Waals surface area contributed by atoms with E-state index in [0.717, 1.165) is 78.2 Å². The summed E-state index contributed by atoms with van der Waals surface area (Å²) in [5.41, 5.74) is 5.62. The number of methoxy groups -OCH3 is 1. The maximum Gasteiger partial charge on any atom is 0.225 e. The zero-order valence-corrected chi connectivity index (χ0v) is 21.9. The predicted molar refractivity (Wildman–Crippen MR) is 144 cm³/mol. The highest BCUT2D eigenvalue weighted by atomic mass is 16.5. The first-order chi connectivity index (χ1) is 17.4. The summed E-state index contributed by atoms with van der Waals surface area (Å²) in [7, 11) is 5.78. The van der Waals surface area contributed by atoms with Crippen LogP contribution in [0, 0.1) is 6.92 Å². The predicted octanol–water partition coefficient (Wildman–Crippen LogP) is 4.30. The van der Waals surface area contributed by atoms with Gasteiger partial charge in [-0.25, -0.2) is 4.98 Å². The monoisotopic (exact) mass is 490 g/mol. The lowest BCUT2D eigenvalue weighted by Crippen LogP contribution is -2.41. The van der Waals surface area contributed by atoms with Gasteiger partial charge in [-0.15, -0.1) is 0 Å². The molecule has 8 nitrogen and oxygen atoms in total. The third-order valence-corrected chi connectivity index (χ3v) is 7.67. The molecule has 0 aliphatic heterocycles. The Kier molecular flexibility index (Phi) is 7.03. The number of carbonyl (C=O) groups is 1. The summed E-state index contributed by atoms with van der Waals surface area (Å²) in [5, 5.41) is 7.93. The molecule has 2 aliphatic rings. The van der Waals surface area contributed by atoms with Crippen molar-refractivity contribution in [3.63, 3.8) is 0 Å². The molecule has 0 atom stereocenters. The Morgan fingerprint density at radius 1 is 1.11 bits per heavy atom. The van der Waals surface area contributed by atoms with Crippen LogP contribution >= 0.6 is 0 Å². The molecular weight excluding hydrogens is 452 g/mol. The second-order valence-corrected chi connectivity index (χ2v) is 10.5. The number of aryl methyl sites for hydroxylation is 2. The summed E-state index contributed by atoms with van der Waals surface area (Å²) < 4.78 is 5.38. The SMILES string of the molecule is COc1ccc2[nH]c(C)c(CC(=O)NC3CCC(Nc4nc5c(c(N(C)C)n4)CCCC5)CC3)c2c1. The minimum atomic E-state index is 0.0758. The van der Waals surface area contributed by atoms with E-state index < -0.39 is 0 Å². The van der Waals surface area contributed by atoms with E-state index in [4.69, 9.17) is 14.7 Å². The second kappa shape index (κ2) is 10.4. The summed E-state index contributed by atoms with van der Waals surface area (Å²) in [6, 6.07) is 6.48. The van der Waals surface area contributed by atoms with Crippen LogP contribution in [0.1, 0.15) is 61.0 Å². The van der Waals surface area contributed by atoms with Gasteiger partial charge in [0.05, 0.1) is 19.2 Å². The lowest BCUT2D eigenvalue weighted by molar-refractivity contribution is -0.121. The van der Waals surface area contributed by atoms with Crippen LogP contribution in [0.2, 0.25) is 0 Å². The zero-order chi connectivity index (χ0) is 25.2. The number of nitrogens with one attached hydrogen (secondary N) is 3. The Labute approximate surface area is 213 Å². The minimum absolute atomic E-state index is 0.0758. The van der Waals surface area contributed by atoms with Gasteiger partial charge in [0.1, 0.15) is 11.6 Å². The van der Waals surface area contributed by atoms with Crippen molar-refractivity contribution >= 4 is 28.6 Å². The van der Waals surface area contributed by atoms with Crippen LogP contribution in [-0.4, -0.2) is 54.1 Å². The van der Waals surface area contributed by atoms with Gasteiger partial charge >= 0.3 is 0 Å². The van der Waals surface area contributed by atoms with E-state index in [2.05, 4.69) is 34.6 Å². The topological polar surface area (TPSA) is 95.2 Å². The van der Waals surface area contributed by atoms with Crippen LogP contribution in [0.4, 0.5) is 11.8 Å². The summed E-state index contributed by atoms with van der Waals surface area (Å²) in [5.74, 6) is 2.67. The number of hydrogen-bond acceptors (Lipinski definition) is 6. The molecule has 0 radical (unpaired) electrons. The summed E-state index contributed by atoms with van der Waals surface area (Å²) in [4.78, 5) is 28.2. The highest BCUT2D eigenvalue weighted by Crippen LogP contribution is 2.30. The van der Waals surface area contributed by atoms with Crippen LogP contribution in [0.5, 0.6) is 5.75 Å². The number of fused-ring (bicyclic) bond motifs is 2. The molecule has 1 aromatic carbocycles. The molecule has 5 rings (SSSR count). The van der Waals surface area contributed by atoms with Gasteiger partial charge in [0.15, 0.2) is 0 Å². The zero-order valence-electron chi connectivity index (χ0n) is 21.9. The molecule has 0 spiro atoms. The summed E-state index contributed by atoms with van der Waals surface area (Å²) in [6.45, 7) is 2.02. The van der Waals surface area contributed by atoms with Crippen molar-refractivity contribution in [1.82, 2.24) is 20.3 Å². The fraction of sp³-hybridized carbons (Fsp3) is 0.536. The fourth-order valence-electron chi connectivity index (χ4n) is 5.73. The Morgan fingerprint density at radius 3 is 2.61 bits per heavy atom. The smallest absolute Gasteiger partial charge is 0.225 e. The van der Waals surface area contributed by atoms with E-state index in [9.17, 15) is 4.79 Å². The van der Waals surface area contributed by atoms with Gasteiger partial charge < -0.3 is 25.3 Å². The number of amides is 1. The van der Waals surface area contributed by atoms with Crippen molar-refractivity contribution in [2.45, 2.75) is 76.8 Å². The molecule has 3 aromatic rings. The largest absolute Gasteiger partial charge is 0.497 e. The second-order valence-electron chi connectivity index (χ2n) is 10.5. The molecule has 36 heavy (non-hydrogen) atoms. The molecule has 3 N–H and O–H groups in total. The molecule has 0 unspecified atom stereocenters. The third kappa shape index (κ3) is 5.13. The molecule has 2 aromatic heterocycles. The molecule has 1 amide bonds. The first-order valence-corrected chi connectivity index (χ1v) is 13.2. The molecule has 1 saturated carbocycles. The molecule has 0 bridgehead atoms. The normalized spacial score (nSPS) is 19.6.